The minimum absolute atomic E-state index is 0.00186. The van der Waals surface area contributed by atoms with Crippen LogP contribution in [0.3, 0.4) is 0 Å². The molecule has 0 spiro atoms. The van der Waals surface area contributed by atoms with Gasteiger partial charge in [-0.1, -0.05) is 74.5 Å². The molecule has 96 heavy (non-hydrogen) atoms. The number of amides is 6. The summed E-state index contributed by atoms with van der Waals surface area (Å²) < 4.78 is 52.0. The van der Waals surface area contributed by atoms with E-state index in [-0.39, 0.29) is 66.4 Å². The molecular formula is C67H86N6O23. The van der Waals surface area contributed by atoms with Crippen molar-refractivity contribution in [2.45, 2.75) is 180 Å². The zero-order valence-corrected chi connectivity index (χ0v) is 55.4. The Kier molecular flexibility index (Phi) is 24.0. The fourth-order valence-corrected chi connectivity index (χ4v) is 12.7. The molecule has 6 amide bonds. The number of ether oxygens (including phenoxy) is 9. The van der Waals surface area contributed by atoms with Crippen LogP contribution in [-0.2, 0) is 87.6 Å². The molecule has 1 saturated heterocycles. The van der Waals surface area contributed by atoms with Crippen LogP contribution >= 0.6 is 0 Å². The van der Waals surface area contributed by atoms with E-state index in [1.54, 1.807) is 64.1 Å². The van der Waals surface area contributed by atoms with E-state index in [0.717, 1.165) is 6.92 Å². The van der Waals surface area contributed by atoms with Crippen LogP contribution in [0.15, 0.2) is 96.1 Å². The summed E-state index contributed by atoms with van der Waals surface area (Å²) in [6.45, 7) is 15.7. The molecule has 0 aromatic heterocycles. The second-order valence-electron chi connectivity index (χ2n) is 25.9. The van der Waals surface area contributed by atoms with E-state index < -0.39 is 179 Å². The fourth-order valence-electron chi connectivity index (χ4n) is 12.7. The number of fused-ring (bicyclic) bond motifs is 5. The van der Waals surface area contributed by atoms with Crippen molar-refractivity contribution in [1.82, 2.24) is 21.3 Å². The first kappa shape index (κ1) is 74.5. The van der Waals surface area contributed by atoms with E-state index in [0.29, 0.717) is 6.61 Å². The molecule has 14 atom stereocenters. The highest BCUT2D eigenvalue weighted by Gasteiger charge is 2.78. The van der Waals surface area contributed by atoms with E-state index in [2.05, 4.69) is 26.6 Å². The third-order valence-corrected chi connectivity index (χ3v) is 17.7. The van der Waals surface area contributed by atoms with Crippen LogP contribution in [0.2, 0.25) is 0 Å². The standard InChI is InChI=1S/C67H86N6O23/c1-12-88-27-28-89-33-48(77)69-36(3)56(80)70-37(4)57(81)72-43(29-47(68)76)58(82)71-42-25-23-39(24-26-42)32-90-62(86)93-52(50(40-19-15-13-16-20-40)73-61(85)96-63(6,7)8)60(84)92-44-31-67(87)55(94-59(83)41-21-17-14-18-22-41)53-65(11,54(79)51(78)49(35(44)2)64(67,9)10)45(75)30-46-66(53,34-91-46)95-38(5)74/h13-26,36-37,43-46,50-53,55,75,78,87H,12,27-34H2,1-11H3,(H2,68,76)(H,69,77)(H,70,80)(H,71,82)(H,72,81)(H,73,85)/t36-,37-,43-,44+,45+,46?,50+,51-,52-,53+,55+,65-,66+,67-/m1/s1. The molecule has 3 aliphatic carbocycles. The Morgan fingerprint density at radius 2 is 1.41 bits per heavy atom. The van der Waals surface area contributed by atoms with Crippen LogP contribution in [0.5, 0.6) is 0 Å². The molecule has 3 fully saturated rings. The van der Waals surface area contributed by atoms with Gasteiger partial charge in [-0.05, 0) is 102 Å². The Morgan fingerprint density at radius 1 is 0.792 bits per heavy atom. The highest BCUT2D eigenvalue weighted by molar-refractivity contribution is 6.01. The molecular weight excluding hydrogens is 1260 g/mol. The highest BCUT2D eigenvalue weighted by atomic mass is 16.7. The number of benzene rings is 3. The summed E-state index contributed by atoms with van der Waals surface area (Å²) in [7, 11) is 0. The average molecular weight is 1340 g/mol. The second-order valence-corrected chi connectivity index (χ2v) is 25.9. The lowest BCUT2D eigenvalue weighted by Gasteiger charge is -2.67. The van der Waals surface area contributed by atoms with E-state index in [9.17, 15) is 58.5 Å². The van der Waals surface area contributed by atoms with Crippen molar-refractivity contribution < 1.29 is 111 Å². The normalized spacial score (nSPS) is 25.6. The first-order chi connectivity index (χ1) is 45.1. The van der Waals surface area contributed by atoms with Gasteiger partial charge in [-0.2, -0.15) is 0 Å². The number of hydrogen-bond donors (Lipinski definition) is 9. The molecule has 2 saturated carbocycles. The van der Waals surface area contributed by atoms with Crippen molar-refractivity contribution in [3.63, 3.8) is 0 Å². The molecule has 29 heteroatoms. The molecule has 3 aromatic carbocycles. The summed E-state index contributed by atoms with van der Waals surface area (Å²) in [5.41, 5.74) is -3.63. The number of alkyl carbamates (subject to hydrolysis) is 1. The van der Waals surface area contributed by atoms with Gasteiger partial charge in [0.1, 0.15) is 73.0 Å². The summed E-state index contributed by atoms with van der Waals surface area (Å²) in [6, 6.07) is 15.4. The number of nitrogens with one attached hydrogen (secondary N) is 5. The van der Waals surface area contributed by atoms with Gasteiger partial charge >= 0.3 is 30.2 Å². The maximum atomic E-state index is 15.4. The number of aliphatic hydroxyl groups excluding tert-OH is 2. The number of anilines is 1. The number of primary amides is 1. The van der Waals surface area contributed by atoms with E-state index in [1.165, 1.54) is 90.1 Å². The predicted molar refractivity (Wildman–Crippen MR) is 336 cm³/mol. The van der Waals surface area contributed by atoms with Gasteiger partial charge in [0, 0.05) is 37.5 Å². The fraction of sp³-hybridized carbons (Fsp3) is 0.537. The maximum absolute atomic E-state index is 15.4. The number of carbonyl (C=O) groups excluding carboxylic acids is 11. The van der Waals surface area contributed by atoms with Crippen molar-refractivity contribution >= 4 is 71.2 Å². The lowest BCUT2D eigenvalue weighted by molar-refractivity contribution is -0.346. The molecule has 3 aromatic rings. The number of esters is 3. The van der Waals surface area contributed by atoms with Crippen molar-refractivity contribution in [2.24, 2.45) is 22.5 Å². The smallest absolute Gasteiger partial charge is 0.455 e. The lowest BCUT2D eigenvalue weighted by atomic mass is 9.44. The van der Waals surface area contributed by atoms with Crippen LogP contribution in [0.25, 0.3) is 0 Å². The van der Waals surface area contributed by atoms with Crippen LogP contribution in [0.4, 0.5) is 15.3 Å². The van der Waals surface area contributed by atoms with Gasteiger partial charge in [0.15, 0.2) is 11.4 Å². The zero-order valence-electron chi connectivity index (χ0n) is 55.4. The number of hydrogen-bond acceptors (Lipinski definition) is 23. The largest absolute Gasteiger partial charge is 0.509 e. The number of ketones is 1. The summed E-state index contributed by atoms with van der Waals surface area (Å²) in [5, 5.41) is 51.0. The monoisotopic (exact) mass is 1340 g/mol. The molecule has 29 nitrogen and oxygen atoms in total. The Hall–Kier alpha value is -8.87. The number of rotatable bonds is 26. The van der Waals surface area contributed by atoms with Crippen LogP contribution in [0, 0.1) is 16.7 Å². The minimum Gasteiger partial charge on any atom is -0.455 e. The van der Waals surface area contributed by atoms with Crippen LogP contribution in [0.1, 0.15) is 123 Å². The molecule has 0 radical (unpaired) electrons. The number of carbonyl (C=O) groups is 11. The third kappa shape index (κ3) is 16.8. The predicted octanol–water partition coefficient (Wildman–Crippen LogP) is 2.98. The topological polar surface area (TPSA) is 418 Å². The molecule has 10 N–H and O–H groups in total. The van der Waals surface area contributed by atoms with Crippen LogP contribution < -0.4 is 32.3 Å². The molecule has 1 unspecified atom stereocenters. The Labute approximate surface area is 554 Å². The van der Waals surface area contributed by atoms with E-state index in [4.69, 9.17) is 48.4 Å². The third-order valence-electron chi connectivity index (χ3n) is 17.7. The number of nitrogens with two attached hydrogens (primary N) is 1. The average Bonchev–Trinajstić information content (AvgIpc) is 0.671. The summed E-state index contributed by atoms with van der Waals surface area (Å²) in [6.07, 6.45) is -15.0. The van der Waals surface area contributed by atoms with Gasteiger partial charge in [-0.15, -0.1) is 0 Å². The molecule has 1 aliphatic heterocycles. The Balaban J connectivity index is 1.14. The molecule has 2 bridgehead atoms. The minimum atomic E-state index is -2.54. The molecule has 7 rings (SSSR count). The highest BCUT2D eigenvalue weighted by Crippen LogP contribution is 2.64. The van der Waals surface area contributed by atoms with E-state index in [1.807, 2.05) is 0 Å². The maximum Gasteiger partial charge on any atom is 0.509 e. The van der Waals surface area contributed by atoms with Crippen LogP contribution in [-0.4, -0.2) is 185 Å². The number of Topliss-reactive ketones (excluding diaryl/α,β-unsaturated/α-hetero) is 1. The van der Waals surface area contributed by atoms with Crippen molar-refractivity contribution in [3.05, 3.63) is 113 Å². The quantitative estimate of drug-likeness (QED) is 0.0241. The van der Waals surface area contributed by atoms with Gasteiger partial charge in [-0.3, -0.25) is 33.6 Å². The van der Waals surface area contributed by atoms with Crippen molar-refractivity contribution in [1.29, 1.82) is 0 Å². The SMILES string of the molecule is CCOCCOCC(=O)N[C@H](C)C(=O)N[C@H](C)C(=O)N[C@H](CC(N)=O)C(=O)Nc1ccc(COC(=O)O[C@@H](C(=O)O[C@H]2C[C@@]3(O)[C@@H](OC(=O)c4ccccc4)[C@H]4[C@](C)(C(=O)[C@H](O)C(=C2C)C3(C)C)[C@@H](O)CC2OC[C@]24OC(C)=O)[C@@H](NC(=O)OC(C)(C)C)c2ccccc2)cc1. The second kappa shape index (κ2) is 30.9. The zero-order chi connectivity index (χ0) is 70.8. The number of aliphatic hydroxyl groups is 3. The van der Waals surface area contributed by atoms with E-state index >= 15 is 9.59 Å². The van der Waals surface area contributed by atoms with Gasteiger partial charge in [-0.25, -0.2) is 19.2 Å². The Bertz CT molecular complexity index is 3420. The first-order valence-electron chi connectivity index (χ1n) is 31.3. The lowest BCUT2D eigenvalue weighted by Crippen LogP contribution is -2.81. The first-order valence-corrected chi connectivity index (χ1v) is 31.3. The summed E-state index contributed by atoms with van der Waals surface area (Å²) in [4.78, 5) is 150. The van der Waals surface area contributed by atoms with Crippen molar-refractivity contribution in [2.75, 3.05) is 38.4 Å². The van der Waals surface area contributed by atoms with Gasteiger partial charge < -0.3 is 90.3 Å². The molecule has 1 heterocycles. The summed E-state index contributed by atoms with van der Waals surface area (Å²) >= 11 is 0. The van der Waals surface area contributed by atoms with Crippen molar-refractivity contribution in [3.8, 4) is 0 Å². The Morgan fingerprint density at radius 3 is 2.00 bits per heavy atom. The van der Waals surface area contributed by atoms with Gasteiger partial charge in [0.2, 0.25) is 35.6 Å². The molecule has 522 valence electrons. The van der Waals surface area contributed by atoms with Gasteiger partial charge in [0.05, 0.1) is 49.2 Å². The van der Waals surface area contributed by atoms with Gasteiger partial charge in [0.25, 0.3) is 0 Å². The summed E-state index contributed by atoms with van der Waals surface area (Å²) in [5.74, 6) is -10.0. The molecule has 4 aliphatic rings.